The molecule has 6 heteroatoms. The molecular weight excluding hydrogens is 206 g/mol. The van der Waals surface area contributed by atoms with E-state index in [0.717, 1.165) is 18.9 Å². The van der Waals surface area contributed by atoms with Gasteiger partial charge in [-0.25, -0.2) is 15.8 Å². The van der Waals surface area contributed by atoms with E-state index in [-0.39, 0.29) is 5.60 Å². The van der Waals surface area contributed by atoms with Crippen molar-refractivity contribution >= 4 is 11.6 Å². The first kappa shape index (κ1) is 11.1. The molecule has 1 saturated heterocycles. The Morgan fingerprint density at radius 2 is 2.31 bits per heavy atom. The van der Waals surface area contributed by atoms with Crippen molar-refractivity contribution in [3.05, 3.63) is 12.4 Å². The fourth-order valence-electron chi connectivity index (χ4n) is 1.81. The van der Waals surface area contributed by atoms with Crippen LogP contribution in [0.1, 0.15) is 13.8 Å². The molecule has 0 bridgehead atoms. The van der Waals surface area contributed by atoms with Gasteiger partial charge < -0.3 is 15.1 Å². The fourth-order valence-corrected chi connectivity index (χ4v) is 1.81. The number of nitrogens with zero attached hydrogens (tertiary/aromatic N) is 3. The summed E-state index contributed by atoms with van der Waals surface area (Å²) in [6, 6.07) is 1.83. The molecule has 1 aliphatic heterocycles. The summed E-state index contributed by atoms with van der Waals surface area (Å²) in [6.07, 6.45) is 1.51. The summed E-state index contributed by atoms with van der Waals surface area (Å²) in [5, 5.41) is 0. The molecule has 0 radical (unpaired) electrons. The van der Waals surface area contributed by atoms with Gasteiger partial charge in [0.25, 0.3) is 0 Å². The lowest BCUT2D eigenvalue weighted by atomic mass is 10.1. The molecule has 1 fully saturated rings. The minimum absolute atomic E-state index is 0.139. The molecule has 1 aliphatic rings. The SMILES string of the molecule is CC1(C)CN(c2cc(NN)ncn2)CCO1. The highest BCUT2D eigenvalue weighted by atomic mass is 16.5. The van der Waals surface area contributed by atoms with Crippen LogP contribution in [0.3, 0.4) is 0 Å². The molecule has 0 spiro atoms. The van der Waals surface area contributed by atoms with Crippen molar-refractivity contribution in [1.29, 1.82) is 0 Å². The molecule has 1 aromatic heterocycles. The molecule has 2 heterocycles. The molecule has 3 N–H and O–H groups in total. The van der Waals surface area contributed by atoms with Gasteiger partial charge in [-0.15, -0.1) is 0 Å². The zero-order chi connectivity index (χ0) is 11.6. The molecule has 16 heavy (non-hydrogen) atoms. The maximum atomic E-state index is 5.65. The van der Waals surface area contributed by atoms with Crippen LogP contribution in [0.5, 0.6) is 0 Å². The Morgan fingerprint density at radius 3 is 3.00 bits per heavy atom. The Hall–Kier alpha value is -1.40. The average Bonchev–Trinajstić information content (AvgIpc) is 2.28. The van der Waals surface area contributed by atoms with Gasteiger partial charge in [0.1, 0.15) is 18.0 Å². The number of nitrogens with two attached hydrogens (primary N) is 1. The summed E-state index contributed by atoms with van der Waals surface area (Å²) in [5.74, 6) is 6.81. The molecule has 0 amide bonds. The van der Waals surface area contributed by atoms with E-state index in [1.165, 1.54) is 6.33 Å². The lowest BCUT2D eigenvalue weighted by Crippen LogP contribution is -2.48. The van der Waals surface area contributed by atoms with Crippen LogP contribution in [-0.2, 0) is 4.74 Å². The van der Waals surface area contributed by atoms with E-state index in [1.807, 2.05) is 6.07 Å². The van der Waals surface area contributed by atoms with Crippen LogP contribution in [-0.4, -0.2) is 35.3 Å². The standard InChI is InChI=1S/C10H17N5O/c1-10(2)6-15(3-4-16-10)9-5-8(14-11)12-7-13-9/h5,7H,3-4,6,11H2,1-2H3,(H,12,13,14). The Kier molecular flexibility index (Phi) is 2.93. The number of anilines is 2. The Balaban J connectivity index is 2.16. The highest BCUT2D eigenvalue weighted by Crippen LogP contribution is 2.22. The topological polar surface area (TPSA) is 76.3 Å². The third-order valence-electron chi connectivity index (χ3n) is 2.55. The summed E-state index contributed by atoms with van der Waals surface area (Å²) in [4.78, 5) is 10.4. The molecular formula is C10H17N5O. The zero-order valence-electron chi connectivity index (χ0n) is 9.60. The second-order valence-corrected chi connectivity index (χ2v) is 4.44. The van der Waals surface area contributed by atoms with E-state index in [2.05, 4.69) is 34.1 Å². The highest BCUT2D eigenvalue weighted by Gasteiger charge is 2.27. The number of hydrogen-bond acceptors (Lipinski definition) is 6. The van der Waals surface area contributed by atoms with Gasteiger partial charge in [0.2, 0.25) is 0 Å². The number of nitrogens with one attached hydrogen (secondary N) is 1. The third kappa shape index (κ3) is 2.40. The third-order valence-corrected chi connectivity index (χ3v) is 2.55. The predicted octanol–water partition coefficient (Wildman–Crippen LogP) is 0.377. The molecule has 0 aromatic carbocycles. The van der Waals surface area contributed by atoms with Crippen molar-refractivity contribution in [3.63, 3.8) is 0 Å². The first-order valence-corrected chi connectivity index (χ1v) is 5.28. The molecule has 0 atom stereocenters. The minimum Gasteiger partial charge on any atom is -0.372 e. The van der Waals surface area contributed by atoms with Gasteiger partial charge in [0.15, 0.2) is 0 Å². The number of morpholine rings is 1. The molecule has 88 valence electrons. The Morgan fingerprint density at radius 1 is 1.50 bits per heavy atom. The monoisotopic (exact) mass is 223 g/mol. The van der Waals surface area contributed by atoms with Crippen molar-refractivity contribution < 1.29 is 4.74 Å². The lowest BCUT2D eigenvalue weighted by Gasteiger charge is -2.38. The van der Waals surface area contributed by atoms with Crippen LogP contribution >= 0.6 is 0 Å². The van der Waals surface area contributed by atoms with Gasteiger partial charge in [-0.3, -0.25) is 0 Å². The summed E-state index contributed by atoms with van der Waals surface area (Å²) in [7, 11) is 0. The zero-order valence-corrected chi connectivity index (χ0v) is 9.60. The van der Waals surface area contributed by atoms with E-state index in [9.17, 15) is 0 Å². The summed E-state index contributed by atoms with van der Waals surface area (Å²) < 4.78 is 5.65. The second kappa shape index (κ2) is 4.23. The van der Waals surface area contributed by atoms with E-state index in [1.54, 1.807) is 0 Å². The predicted molar refractivity (Wildman–Crippen MR) is 62.1 cm³/mol. The number of nitrogen functional groups attached to an aromatic ring is 1. The number of aromatic nitrogens is 2. The number of rotatable bonds is 2. The molecule has 6 nitrogen and oxygen atoms in total. The van der Waals surface area contributed by atoms with E-state index >= 15 is 0 Å². The average molecular weight is 223 g/mol. The smallest absolute Gasteiger partial charge is 0.145 e. The maximum Gasteiger partial charge on any atom is 0.145 e. The van der Waals surface area contributed by atoms with Crippen molar-refractivity contribution in [2.75, 3.05) is 30.0 Å². The van der Waals surface area contributed by atoms with Gasteiger partial charge >= 0.3 is 0 Å². The number of hydrazine groups is 1. The Bertz CT molecular complexity index is 368. The Labute approximate surface area is 94.8 Å². The van der Waals surface area contributed by atoms with Crippen LogP contribution < -0.4 is 16.2 Å². The fraction of sp³-hybridized carbons (Fsp3) is 0.600. The maximum absolute atomic E-state index is 5.65. The van der Waals surface area contributed by atoms with Gasteiger partial charge in [-0.1, -0.05) is 0 Å². The summed E-state index contributed by atoms with van der Waals surface area (Å²) in [6.45, 7) is 6.51. The molecule has 0 aliphatic carbocycles. The van der Waals surface area contributed by atoms with Crippen molar-refractivity contribution in [2.24, 2.45) is 5.84 Å². The van der Waals surface area contributed by atoms with Crippen molar-refractivity contribution in [3.8, 4) is 0 Å². The van der Waals surface area contributed by atoms with Gasteiger partial charge in [0, 0.05) is 19.2 Å². The largest absolute Gasteiger partial charge is 0.372 e. The van der Waals surface area contributed by atoms with Crippen LogP contribution in [0, 0.1) is 0 Å². The second-order valence-electron chi connectivity index (χ2n) is 4.44. The van der Waals surface area contributed by atoms with Crippen molar-refractivity contribution in [2.45, 2.75) is 19.4 Å². The highest BCUT2D eigenvalue weighted by molar-refractivity contribution is 5.48. The number of ether oxygens (including phenoxy) is 1. The summed E-state index contributed by atoms with van der Waals surface area (Å²) >= 11 is 0. The van der Waals surface area contributed by atoms with Crippen LogP contribution in [0.15, 0.2) is 12.4 Å². The van der Waals surface area contributed by atoms with Crippen LogP contribution in [0.2, 0.25) is 0 Å². The summed E-state index contributed by atoms with van der Waals surface area (Å²) in [5.41, 5.74) is 2.38. The first-order valence-electron chi connectivity index (χ1n) is 5.28. The van der Waals surface area contributed by atoms with E-state index in [0.29, 0.717) is 12.4 Å². The molecule has 0 unspecified atom stereocenters. The quantitative estimate of drug-likeness (QED) is 0.557. The molecule has 1 aromatic rings. The normalized spacial score (nSPS) is 19.6. The van der Waals surface area contributed by atoms with E-state index < -0.39 is 0 Å². The van der Waals surface area contributed by atoms with Gasteiger partial charge in [-0.2, -0.15) is 0 Å². The van der Waals surface area contributed by atoms with Crippen molar-refractivity contribution in [1.82, 2.24) is 9.97 Å². The minimum atomic E-state index is -0.139. The van der Waals surface area contributed by atoms with Gasteiger partial charge in [0.05, 0.1) is 12.2 Å². The van der Waals surface area contributed by atoms with Gasteiger partial charge in [-0.05, 0) is 13.8 Å². The first-order chi connectivity index (χ1) is 7.61. The number of hydrogen-bond donors (Lipinski definition) is 2. The molecule has 2 rings (SSSR count). The lowest BCUT2D eigenvalue weighted by molar-refractivity contribution is -0.0279. The van der Waals surface area contributed by atoms with E-state index in [4.69, 9.17) is 10.6 Å². The molecule has 0 saturated carbocycles. The van der Waals surface area contributed by atoms with Crippen LogP contribution in [0.4, 0.5) is 11.6 Å². The van der Waals surface area contributed by atoms with Crippen LogP contribution in [0.25, 0.3) is 0 Å².